The van der Waals surface area contributed by atoms with Crippen molar-refractivity contribution in [3.05, 3.63) is 76.0 Å². The number of benzene rings is 2. The minimum absolute atomic E-state index is 0.0737. The second-order valence-electron chi connectivity index (χ2n) is 7.28. The van der Waals surface area contributed by atoms with Crippen molar-refractivity contribution in [1.29, 1.82) is 0 Å². The number of hydrogen-bond donors (Lipinski definition) is 2. The largest absolute Gasteiger partial charge is 0.478 e. The number of nitrogens with one attached hydrogen (secondary N) is 1. The van der Waals surface area contributed by atoms with Crippen molar-refractivity contribution in [2.45, 2.75) is 11.6 Å². The molecule has 2 N–H and O–H groups in total. The van der Waals surface area contributed by atoms with Crippen LogP contribution in [-0.4, -0.2) is 47.3 Å². The third-order valence-corrected chi connectivity index (χ3v) is 6.03. The number of aromatic carboxylic acids is 1. The Hall–Kier alpha value is -3.99. The van der Waals surface area contributed by atoms with E-state index < -0.39 is 5.97 Å². The smallest absolute Gasteiger partial charge is 0.335 e. The van der Waals surface area contributed by atoms with E-state index in [0.29, 0.717) is 34.2 Å². The Morgan fingerprint density at radius 1 is 1.06 bits per heavy atom. The number of anilines is 1. The van der Waals surface area contributed by atoms with Gasteiger partial charge in [-0.3, -0.25) is 9.59 Å². The monoisotopic (exact) mass is 464 g/mol. The molecule has 0 aliphatic rings. The summed E-state index contributed by atoms with van der Waals surface area (Å²) in [6, 6.07) is 13.3. The number of thioether (sulfide) groups is 1. The fourth-order valence-corrected chi connectivity index (χ4v) is 4.07. The van der Waals surface area contributed by atoms with Gasteiger partial charge in [0.15, 0.2) is 5.16 Å². The predicted molar refractivity (Wildman–Crippen MR) is 124 cm³/mol. The Kier molecular flexibility index (Phi) is 6.22. The highest BCUT2D eigenvalue weighted by Crippen LogP contribution is 2.20. The Morgan fingerprint density at radius 2 is 1.82 bits per heavy atom. The van der Waals surface area contributed by atoms with Gasteiger partial charge in [0.05, 0.1) is 28.8 Å². The van der Waals surface area contributed by atoms with Crippen LogP contribution in [0.3, 0.4) is 0 Å². The quantitative estimate of drug-likeness (QED) is 0.397. The van der Waals surface area contributed by atoms with Gasteiger partial charge >= 0.3 is 5.97 Å². The van der Waals surface area contributed by atoms with Gasteiger partial charge < -0.3 is 15.0 Å². The molecule has 2 aromatic carbocycles. The molecular weight excluding hydrogens is 444 g/mol. The van der Waals surface area contributed by atoms with E-state index in [-0.39, 0.29) is 22.8 Å². The van der Waals surface area contributed by atoms with Gasteiger partial charge in [-0.15, -0.1) is 10.2 Å². The van der Waals surface area contributed by atoms with E-state index in [1.807, 2.05) is 18.2 Å². The average Bonchev–Trinajstić information content (AvgIpc) is 3.15. The van der Waals surface area contributed by atoms with Gasteiger partial charge in [0, 0.05) is 25.2 Å². The number of fused-ring (bicyclic) bond motifs is 1. The molecule has 11 heteroatoms. The van der Waals surface area contributed by atoms with E-state index in [9.17, 15) is 14.4 Å². The van der Waals surface area contributed by atoms with Gasteiger partial charge in [0.25, 0.3) is 5.56 Å². The minimum atomic E-state index is -1.06. The third-order valence-electron chi connectivity index (χ3n) is 5.01. The molecule has 0 aliphatic carbocycles. The second-order valence-corrected chi connectivity index (χ2v) is 8.22. The van der Waals surface area contributed by atoms with Crippen molar-refractivity contribution in [3.8, 4) is 0 Å². The number of aryl methyl sites for hydroxylation is 1. The molecule has 0 atom stereocenters. The fraction of sp³-hybridized carbons (Fsp3) is 0.182. The van der Waals surface area contributed by atoms with E-state index >= 15 is 0 Å². The van der Waals surface area contributed by atoms with Crippen LogP contribution in [0.25, 0.3) is 10.8 Å². The van der Waals surface area contributed by atoms with Crippen molar-refractivity contribution in [1.82, 2.24) is 24.5 Å². The van der Waals surface area contributed by atoms with Crippen LogP contribution in [-0.2, 0) is 25.3 Å². The first-order valence-electron chi connectivity index (χ1n) is 9.92. The number of carboxylic acid groups (broad SMARTS) is 1. The fourth-order valence-electron chi connectivity index (χ4n) is 3.34. The average molecular weight is 465 g/mol. The lowest BCUT2D eigenvalue weighted by Crippen LogP contribution is -2.21. The van der Waals surface area contributed by atoms with Crippen LogP contribution in [0.5, 0.6) is 0 Å². The molecule has 0 bridgehead atoms. The van der Waals surface area contributed by atoms with Crippen LogP contribution in [0.2, 0.25) is 0 Å². The Morgan fingerprint density at radius 3 is 2.58 bits per heavy atom. The molecule has 0 fully saturated rings. The second kappa shape index (κ2) is 9.25. The number of nitrogens with zero attached hydrogens (tertiary/aromatic N) is 5. The molecule has 168 valence electrons. The molecule has 0 saturated carbocycles. The minimum Gasteiger partial charge on any atom is -0.478 e. The van der Waals surface area contributed by atoms with E-state index in [1.54, 1.807) is 36.9 Å². The van der Waals surface area contributed by atoms with Crippen LogP contribution in [0.15, 0.2) is 58.5 Å². The first kappa shape index (κ1) is 22.2. The van der Waals surface area contributed by atoms with Gasteiger partial charge in [-0.25, -0.2) is 9.48 Å². The summed E-state index contributed by atoms with van der Waals surface area (Å²) in [4.78, 5) is 35.7. The first-order valence-corrected chi connectivity index (χ1v) is 10.9. The zero-order valence-electron chi connectivity index (χ0n) is 17.8. The van der Waals surface area contributed by atoms with E-state index in [4.69, 9.17) is 5.11 Å². The number of amides is 1. The molecule has 10 nitrogen and oxygen atoms in total. The molecule has 4 aromatic rings. The Labute approximate surface area is 192 Å². The van der Waals surface area contributed by atoms with E-state index in [0.717, 1.165) is 5.39 Å². The molecule has 4 rings (SSSR count). The zero-order chi connectivity index (χ0) is 23.5. The number of hydrogen-bond acceptors (Lipinski definition) is 7. The SMILES string of the molecule is Cn1c(Cc2nn(C)c(=O)c3ccccc23)nnc1SCC(=O)Nc1cccc(C(=O)O)c1. The molecule has 2 aromatic heterocycles. The molecule has 0 radical (unpaired) electrons. The van der Waals surface area contributed by atoms with E-state index in [2.05, 4.69) is 20.6 Å². The summed E-state index contributed by atoms with van der Waals surface area (Å²) in [7, 11) is 3.41. The molecular formula is C22H20N6O4S. The summed E-state index contributed by atoms with van der Waals surface area (Å²) in [5, 5.41) is 26.4. The van der Waals surface area contributed by atoms with Crippen LogP contribution in [0.1, 0.15) is 21.9 Å². The van der Waals surface area contributed by atoms with Crippen molar-refractivity contribution in [2.75, 3.05) is 11.1 Å². The maximum atomic E-state index is 12.3. The summed E-state index contributed by atoms with van der Waals surface area (Å²) in [6.45, 7) is 0. The van der Waals surface area contributed by atoms with Crippen molar-refractivity contribution in [2.24, 2.45) is 14.1 Å². The van der Waals surface area contributed by atoms with Crippen molar-refractivity contribution >= 4 is 40.1 Å². The summed E-state index contributed by atoms with van der Waals surface area (Å²) < 4.78 is 3.10. The summed E-state index contributed by atoms with van der Waals surface area (Å²) in [5.41, 5.74) is 1.05. The third kappa shape index (κ3) is 4.77. The maximum absolute atomic E-state index is 12.3. The standard InChI is InChI=1S/C22H20N6O4S/c1-27-18(11-17-15-8-3-4-9-16(15)20(30)28(2)26-17)24-25-22(27)33-12-19(29)23-14-7-5-6-13(10-14)21(31)32/h3-10H,11-12H2,1-2H3,(H,23,29)(H,31,32). The van der Waals surface area contributed by atoms with Gasteiger partial charge in [-0.05, 0) is 24.3 Å². The van der Waals surface area contributed by atoms with Gasteiger partial charge in [0.2, 0.25) is 5.91 Å². The first-order chi connectivity index (χ1) is 15.8. The molecule has 33 heavy (non-hydrogen) atoms. The lowest BCUT2D eigenvalue weighted by molar-refractivity contribution is -0.113. The van der Waals surface area contributed by atoms with Crippen molar-refractivity contribution < 1.29 is 14.7 Å². The van der Waals surface area contributed by atoms with Crippen molar-refractivity contribution in [3.63, 3.8) is 0 Å². The lowest BCUT2D eigenvalue weighted by atomic mass is 10.1. The number of aromatic nitrogens is 5. The Bertz CT molecular complexity index is 1430. The number of rotatable bonds is 7. The topological polar surface area (TPSA) is 132 Å². The van der Waals surface area contributed by atoms with E-state index in [1.165, 1.54) is 28.6 Å². The molecule has 0 unspecified atom stereocenters. The van der Waals surface area contributed by atoms with Crippen LogP contribution < -0.4 is 10.9 Å². The molecule has 2 heterocycles. The molecule has 0 aliphatic heterocycles. The highest BCUT2D eigenvalue weighted by molar-refractivity contribution is 7.99. The predicted octanol–water partition coefficient (Wildman–Crippen LogP) is 2.08. The maximum Gasteiger partial charge on any atom is 0.335 e. The highest BCUT2D eigenvalue weighted by Gasteiger charge is 2.16. The highest BCUT2D eigenvalue weighted by atomic mass is 32.2. The lowest BCUT2D eigenvalue weighted by Gasteiger charge is -2.08. The summed E-state index contributed by atoms with van der Waals surface area (Å²) >= 11 is 1.21. The van der Waals surface area contributed by atoms with Gasteiger partial charge in [0.1, 0.15) is 5.82 Å². The summed E-state index contributed by atoms with van der Waals surface area (Å²) in [6.07, 6.45) is 0.368. The number of carbonyl (C=O) groups is 2. The van der Waals surface area contributed by atoms with Gasteiger partial charge in [-0.2, -0.15) is 5.10 Å². The van der Waals surface area contributed by atoms with Crippen LogP contribution in [0, 0.1) is 0 Å². The Balaban J connectivity index is 1.46. The summed E-state index contributed by atoms with van der Waals surface area (Å²) in [5.74, 6) is -0.640. The number of carboxylic acids is 1. The number of carbonyl (C=O) groups excluding carboxylic acids is 1. The van der Waals surface area contributed by atoms with Crippen LogP contribution in [0.4, 0.5) is 5.69 Å². The molecule has 1 amide bonds. The molecule has 0 spiro atoms. The van der Waals surface area contributed by atoms with Gasteiger partial charge in [-0.1, -0.05) is 36.0 Å². The van der Waals surface area contributed by atoms with Crippen LogP contribution >= 0.6 is 11.8 Å². The molecule has 0 saturated heterocycles. The zero-order valence-corrected chi connectivity index (χ0v) is 18.7. The normalized spacial score (nSPS) is 11.0.